The predicted molar refractivity (Wildman–Crippen MR) is 111 cm³/mol. The van der Waals surface area contributed by atoms with Crippen LogP contribution in [0.25, 0.3) is 0 Å². The lowest BCUT2D eigenvalue weighted by Crippen LogP contribution is -2.28. The molecule has 0 saturated carbocycles. The second-order valence-corrected chi connectivity index (χ2v) is 7.13. The number of rotatable bonds is 5. The largest absolute Gasteiger partial charge is 0.494 e. The highest BCUT2D eigenvalue weighted by Crippen LogP contribution is 2.46. The Morgan fingerprint density at radius 3 is 2.75 bits per heavy atom. The fourth-order valence-corrected chi connectivity index (χ4v) is 3.56. The zero-order chi connectivity index (χ0) is 20.4. The lowest BCUT2D eigenvalue weighted by Gasteiger charge is -2.31. The monoisotopic (exact) mass is 400 g/mol. The standard InChI is InChI=1S/C20H24N4O3S/c1-5-26-13-9-7-6-8-12(13)15-14(19(25)27-10(2)3)11(4)22-18-16(15)17(21)23-20(28)24-18/h6-10,15H,5H2,1-4H3,(H4,21,22,23,24,28). The van der Waals surface area contributed by atoms with Crippen molar-refractivity contribution in [2.75, 3.05) is 17.7 Å². The number of nitrogens with one attached hydrogen (secondary N) is 2. The zero-order valence-electron chi connectivity index (χ0n) is 16.3. The van der Waals surface area contributed by atoms with Crippen LogP contribution in [-0.4, -0.2) is 28.6 Å². The second-order valence-electron chi connectivity index (χ2n) is 6.74. The van der Waals surface area contributed by atoms with E-state index in [4.69, 9.17) is 27.4 Å². The summed E-state index contributed by atoms with van der Waals surface area (Å²) >= 11 is 5.17. The Balaban J connectivity index is 2.28. The topological polar surface area (TPSA) is 102 Å². The summed E-state index contributed by atoms with van der Waals surface area (Å²) in [6.45, 7) is 7.85. The number of anilines is 2. The molecule has 1 aliphatic rings. The van der Waals surface area contributed by atoms with Gasteiger partial charge >= 0.3 is 5.97 Å². The number of H-pyrrole nitrogens is 1. The summed E-state index contributed by atoms with van der Waals surface area (Å²) in [6, 6.07) is 7.58. The Morgan fingerprint density at radius 1 is 1.36 bits per heavy atom. The van der Waals surface area contributed by atoms with Crippen LogP contribution in [0.4, 0.5) is 11.6 Å². The number of carbonyl (C=O) groups is 1. The summed E-state index contributed by atoms with van der Waals surface area (Å²) < 4.78 is 11.6. The molecule has 0 radical (unpaired) electrons. The summed E-state index contributed by atoms with van der Waals surface area (Å²) in [5.74, 6) is 0.623. The molecule has 2 heterocycles. The maximum atomic E-state index is 13.0. The first-order chi connectivity index (χ1) is 13.3. The third-order valence-electron chi connectivity index (χ3n) is 4.38. The van der Waals surface area contributed by atoms with E-state index >= 15 is 0 Å². The first-order valence-electron chi connectivity index (χ1n) is 9.13. The number of esters is 1. The maximum absolute atomic E-state index is 13.0. The van der Waals surface area contributed by atoms with Gasteiger partial charge in [0.1, 0.15) is 17.4 Å². The molecule has 0 spiro atoms. The van der Waals surface area contributed by atoms with Crippen LogP contribution in [0.15, 0.2) is 35.5 Å². The fourth-order valence-electron chi connectivity index (χ4n) is 3.36. The van der Waals surface area contributed by atoms with Gasteiger partial charge in [0, 0.05) is 16.8 Å². The number of fused-ring (bicyclic) bond motifs is 1. The molecule has 2 aromatic rings. The van der Waals surface area contributed by atoms with Gasteiger partial charge in [-0.15, -0.1) is 0 Å². The Bertz CT molecular complexity index is 997. The van der Waals surface area contributed by atoms with Crippen LogP contribution >= 0.6 is 12.2 Å². The van der Waals surface area contributed by atoms with E-state index in [0.29, 0.717) is 40.8 Å². The van der Waals surface area contributed by atoms with Gasteiger partial charge in [-0.1, -0.05) is 18.2 Å². The van der Waals surface area contributed by atoms with Crippen LogP contribution in [0.1, 0.15) is 44.7 Å². The van der Waals surface area contributed by atoms with Gasteiger partial charge in [-0.05, 0) is 46.0 Å². The molecule has 1 atom stereocenters. The molecule has 1 aromatic heterocycles. The molecule has 0 fully saturated rings. The lowest BCUT2D eigenvalue weighted by molar-refractivity contribution is -0.142. The van der Waals surface area contributed by atoms with Crippen LogP contribution in [0.2, 0.25) is 0 Å². The summed E-state index contributed by atoms with van der Waals surface area (Å²) in [5, 5.41) is 3.16. The maximum Gasteiger partial charge on any atom is 0.337 e. The Kier molecular flexibility index (Phi) is 5.69. The molecule has 28 heavy (non-hydrogen) atoms. The molecule has 3 rings (SSSR count). The molecule has 0 saturated heterocycles. The highest BCUT2D eigenvalue weighted by atomic mass is 32.1. The van der Waals surface area contributed by atoms with Gasteiger partial charge in [-0.2, -0.15) is 0 Å². The summed E-state index contributed by atoms with van der Waals surface area (Å²) in [7, 11) is 0. The molecule has 0 aliphatic carbocycles. The molecule has 148 valence electrons. The lowest BCUT2D eigenvalue weighted by atomic mass is 9.81. The van der Waals surface area contributed by atoms with E-state index in [-0.39, 0.29) is 10.9 Å². The van der Waals surface area contributed by atoms with Crippen molar-refractivity contribution < 1.29 is 14.3 Å². The normalized spacial score (nSPS) is 15.8. The number of hydrogen-bond acceptors (Lipinski definition) is 7. The first-order valence-corrected chi connectivity index (χ1v) is 9.54. The summed E-state index contributed by atoms with van der Waals surface area (Å²) in [4.78, 5) is 20.3. The van der Waals surface area contributed by atoms with Gasteiger partial charge in [0.15, 0.2) is 4.77 Å². The van der Waals surface area contributed by atoms with Gasteiger partial charge in [-0.25, -0.2) is 9.78 Å². The van der Waals surface area contributed by atoms with Crippen molar-refractivity contribution >= 4 is 29.8 Å². The van der Waals surface area contributed by atoms with E-state index in [2.05, 4.69) is 15.3 Å². The van der Waals surface area contributed by atoms with Gasteiger partial charge in [0.05, 0.1) is 24.2 Å². The van der Waals surface area contributed by atoms with Crippen molar-refractivity contribution in [3.8, 4) is 5.75 Å². The Morgan fingerprint density at radius 2 is 2.07 bits per heavy atom. The first kappa shape index (κ1) is 19.9. The molecular formula is C20H24N4O3S. The highest BCUT2D eigenvalue weighted by molar-refractivity contribution is 7.71. The van der Waals surface area contributed by atoms with Crippen molar-refractivity contribution in [2.45, 2.75) is 39.7 Å². The molecule has 8 heteroatoms. The van der Waals surface area contributed by atoms with Crippen molar-refractivity contribution in [1.82, 2.24) is 9.97 Å². The number of para-hydroxylation sites is 1. The highest BCUT2D eigenvalue weighted by Gasteiger charge is 2.37. The van der Waals surface area contributed by atoms with Gasteiger partial charge in [0.2, 0.25) is 0 Å². The van der Waals surface area contributed by atoms with Gasteiger partial charge in [0.25, 0.3) is 0 Å². The molecule has 0 bridgehead atoms. The number of carbonyl (C=O) groups excluding carboxylic acids is 1. The average Bonchev–Trinajstić information content (AvgIpc) is 2.60. The van der Waals surface area contributed by atoms with Gasteiger partial charge < -0.3 is 25.5 Å². The van der Waals surface area contributed by atoms with Crippen molar-refractivity contribution in [2.24, 2.45) is 0 Å². The van der Waals surface area contributed by atoms with E-state index in [9.17, 15) is 4.79 Å². The number of allylic oxidation sites excluding steroid dienone is 1. The minimum Gasteiger partial charge on any atom is -0.494 e. The van der Waals surface area contributed by atoms with Crippen molar-refractivity contribution in [3.05, 3.63) is 51.4 Å². The van der Waals surface area contributed by atoms with Crippen LogP contribution < -0.4 is 15.8 Å². The van der Waals surface area contributed by atoms with Crippen molar-refractivity contribution in [1.29, 1.82) is 0 Å². The molecule has 1 aromatic carbocycles. The quantitative estimate of drug-likeness (QED) is 0.517. The minimum atomic E-state index is -0.510. The molecule has 1 aliphatic heterocycles. The van der Waals surface area contributed by atoms with E-state index in [1.165, 1.54) is 0 Å². The average molecular weight is 401 g/mol. The van der Waals surface area contributed by atoms with E-state index in [1.807, 2.05) is 52.0 Å². The van der Waals surface area contributed by atoms with Crippen LogP contribution in [0, 0.1) is 4.77 Å². The van der Waals surface area contributed by atoms with Gasteiger partial charge in [-0.3, -0.25) is 0 Å². The number of ether oxygens (including phenoxy) is 2. The number of nitrogens with two attached hydrogens (primary N) is 1. The molecule has 4 N–H and O–H groups in total. The number of hydrogen-bond donors (Lipinski definition) is 3. The Labute approximate surface area is 169 Å². The van der Waals surface area contributed by atoms with Crippen LogP contribution in [0.3, 0.4) is 0 Å². The predicted octanol–water partition coefficient (Wildman–Crippen LogP) is 3.90. The molecule has 0 amide bonds. The smallest absolute Gasteiger partial charge is 0.337 e. The van der Waals surface area contributed by atoms with Crippen LogP contribution in [0.5, 0.6) is 5.75 Å². The van der Waals surface area contributed by atoms with Crippen molar-refractivity contribution in [3.63, 3.8) is 0 Å². The van der Waals surface area contributed by atoms with E-state index < -0.39 is 11.9 Å². The zero-order valence-corrected chi connectivity index (χ0v) is 17.1. The third-order valence-corrected chi connectivity index (χ3v) is 4.57. The van der Waals surface area contributed by atoms with Crippen LogP contribution in [-0.2, 0) is 9.53 Å². The number of nitrogens with zero attached hydrogens (tertiary/aromatic N) is 1. The molecular weight excluding hydrogens is 376 g/mol. The third kappa shape index (κ3) is 3.73. The number of nitrogen functional groups attached to an aromatic ring is 1. The molecule has 1 unspecified atom stereocenters. The molecule has 7 nitrogen and oxygen atoms in total. The fraction of sp³-hybridized carbons (Fsp3) is 0.350. The number of aromatic nitrogens is 2. The summed E-state index contributed by atoms with van der Waals surface area (Å²) in [5.41, 5.74) is 8.84. The summed E-state index contributed by atoms with van der Waals surface area (Å²) in [6.07, 6.45) is -0.256. The van der Waals surface area contributed by atoms with E-state index in [0.717, 1.165) is 5.56 Å². The number of aromatic amines is 1. The SMILES string of the molecule is CCOc1ccccc1C1C(C(=O)OC(C)C)=C(C)Nc2nc(=S)[nH]c(N)c21. The minimum absolute atomic E-state index is 0.256. The Hall–Kier alpha value is -2.87. The van der Waals surface area contributed by atoms with E-state index in [1.54, 1.807) is 0 Å². The number of benzene rings is 1. The second kappa shape index (κ2) is 8.02.